The van der Waals surface area contributed by atoms with Crippen molar-refractivity contribution in [3.63, 3.8) is 0 Å². The van der Waals surface area contributed by atoms with Crippen molar-refractivity contribution in [1.29, 1.82) is 0 Å². The molecule has 3 fully saturated rings. The molecule has 0 aromatic rings. The van der Waals surface area contributed by atoms with Crippen LogP contribution >= 0.6 is 0 Å². The van der Waals surface area contributed by atoms with Crippen molar-refractivity contribution in [1.82, 2.24) is 4.90 Å². The van der Waals surface area contributed by atoms with E-state index in [9.17, 15) is 29.7 Å². The zero-order valence-electron chi connectivity index (χ0n) is 22.0. The molecule has 0 spiro atoms. The first-order valence-electron chi connectivity index (χ1n) is 13.2. The van der Waals surface area contributed by atoms with Crippen molar-refractivity contribution in [2.45, 2.75) is 96.5 Å². The van der Waals surface area contributed by atoms with Gasteiger partial charge in [-0.15, -0.1) is 0 Å². The first kappa shape index (κ1) is 27.0. The molecule has 4 rings (SSSR count). The molecule has 0 bridgehead atoms. The summed E-state index contributed by atoms with van der Waals surface area (Å²) in [6.07, 6.45) is 4.12. The van der Waals surface area contributed by atoms with E-state index in [4.69, 9.17) is 0 Å². The topological polar surface area (TPSA) is 115 Å². The van der Waals surface area contributed by atoms with Gasteiger partial charge in [-0.05, 0) is 69.9 Å². The number of hydrogen-bond donors (Lipinski definition) is 3. The van der Waals surface area contributed by atoms with Gasteiger partial charge >= 0.3 is 6.09 Å². The van der Waals surface area contributed by atoms with Gasteiger partial charge in [-0.25, -0.2) is 9.18 Å². The molecule has 4 aliphatic carbocycles. The summed E-state index contributed by atoms with van der Waals surface area (Å²) >= 11 is 0. The quantitative estimate of drug-likeness (QED) is 0.501. The lowest BCUT2D eigenvalue weighted by Gasteiger charge is -2.64. The average Bonchev–Trinajstić information content (AvgIpc) is 3.02. The van der Waals surface area contributed by atoms with Crippen LogP contribution in [0.1, 0.15) is 73.1 Å². The number of fused-ring (bicyclic) bond motifs is 5. The molecule has 3 N–H and O–H groups in total. The maximum atomic E-state index is 17.4. The minimum Gasteiger partial charge on any atom is -0.465 e. The summed E-state index contributed by atoms with van der Waals surface area (Å²) in [5.41, 5.74) is -5.24. The van der Waals surface area contributed by atoms with Crippen molar-refractivity contribution >= 4 is 17.7 Å². The number of carbonyl (C=O) groups is 3. The lowest BCUT2D eigenvalue weighted by molar-refractivity contribution is -0.209. The fourth-order valence-electron chi connectivity index (χ4n) is 9.14. The molecule has 1 amide bonds. The molecule has 7 nitrogen and oxygen atoms in total. The van der Waals surface area contributed by atoms with E-state index in [1.165, 1.54) is 17.1 Å². The number of hydrogen-bond acceptors (Lipinski definition) is 5. The van der Waals surface area contributed by atoms with E-state index in [-0.39, 0.29) is 12.2 Å². The van der Waals surface area contributed by atoms with E-state index in [1.807, 2.05) is 20.8 Å². The van der Waals surface area contributed by atoms with Crippen molar-refractivity contribution in [2.75, 3.05) is 6.61 Å². The SMILES string of the molecule is CCCC(C)N(C(=O)O)[C@@]1(C(=O)CO)[C@@H](C)CC2C3CCC4=CC(=O)C=C[C@]4(C)C3(F)[C@@H](O)C[C@@]21C. The fraction of sp³-hybridized carbons (Fsp3) is 0.750. The van der Waals surface area contributed by atoms with Crippen LogP contribution in [0.25, 0.3) is 0 Å². The van der Waals surface area contributed by atoms with Crippen molar-refractivity contribution in [3.8, 4) is 0 Å². The molecule has 0 saturated heterocycles. The lowest BCUT2D eigenvalue weighted by Crippen LogP contribution is -2.74. The minimum atomic E-state index is -2.07. The molecule has 0 heterocycles. The lowest BCUT2D eigenvalue weighted by atomic mass is 9.44. The molecule has 8 heteroatoms. The molecule has 200 valence electrons. The molecule has 0 aromatic carbocycles. The Morgan fingerprint density at radius 2 is 1.94 bits per heavy atom. The molecule has 9 atom stereocenters. The van der Waals surface area contributed by atoms with Crippen LogP contribution in [0.2, 0.25) is 0 Å². The average molecular weight is 506 g/mol. The van der Waals surface area contributed by atoms with E-state index in [0.29, 0.717) is 37.7 Å². The minimum absolute atomic E-state index is 0.117. The molecule has 4 unspecified atom stereocenters. The number of allylic oxidation sites excluding steroid dienone is 4. The summed E-state index contributed by atoms with van der Waals surface area (Å²) in [4.78, 5) is 39.8. The van der Waals surface area contributed by atoms with Crippen molar-refractivity contribution in [2.24, 2.45) is 28.6 Å². The van der Waals surface area contributed by atoms with Crippen LogP contribution < -0.4 is 0 Å². The van der Waals surface area contributed by atoms with Gasteiger partial charge in [0, 0.05) is 22.8 Å². The highest BCUT2D eigenvalue weighted by atomic mass is 19.1. The van der Waals surface area contributed by atoms with Crippen LogP contribution in [0.5, 0.6) is 0 Å². The second-order valence-corrected chi connectivity index (χ2v) is 12.0. The summed E-state index contributed by atoms with van der Waals surface area (Å²) in [6, 6.07) is -0.499. The second-order valence-electron chi connectivity index (χ2n) is 12.0. The Hall–Kier alpha value is -2.06. The van der Waals surface area contributed by atoms with E-state index >= 15 is 4.39 Å². The number of ketones is 2. The van der Waals surface area contributed by atoms with E-state index in [2.05, 4.69) is 0 Å². The monoisotopic (exact) mass is 505 g/mol. The van der Waals surface area contributed by atoms with Crippen LogP contribution in [0, 0.1) is 28.6 Å². The Kier molecular flexibility index (Phi) is 6.57. The van der Waals surface area contributed by atoms with Gasteiger partial charge in [-0.2, -0.15) is 0 Å². The van der Waals surface area contributed by atoms with Gasteiger partial charge in [0.05, 0.1) is 6.10 Å². The molecular weight excluding hydrogens is 465 g/mol. The summed E-state index contributed by atoms with van der Waals surface area (Å²) in [5.74, 6) is -2.29. The number of rotatable bonds is 6. The Bertz CT molecular complexity index is 1030. The third-order valence-electron chi connectivity index (χ3n) is 10.5. The summed E-state index contributed by atoms with van der Waals surface area (Å²) in [6.45, 7) is 8.27. The zero-order chi connectivity index (χ0) is 26.8. The molecule has 3 saturated carbocycles. The number of aliphatic hydroxyl groups is 2. The number of Topliss-reactive ketones (excluding diaryl/α,β-unsaturated/α-hetero) is 1. The smallest absolute Gasteiger partial charge is 0.408 e. The number of carboxylic acid groups (broad SMARTS) is 1. The van der Waals surface area contributed by atoms with E-state index in [1.54, 1.807) is 19.9 Å². The van der Waals surface area contributed by atoms with Crippen LogP contribution in [0.3, 0.4) is 0 Å². The Morgan fingerprint density at radius 3 is 2.53 bits per heavy atom. The number of halogens is 1. The van der Waals surface area contributed by atoms with Gasteiger partial charge in [-0.3, -0.25) is 14.5 Å². The number of aliphatic hydroxyl groups excluding tert-OH is 2. The maximum Gasteiger partial charge on any atom is 0.408 e. The first-order valence-corrected chi connectivity index (χ1v) is 13.2. The van der Waals surface area contributed by atoms with Crippen LogP contribution in [0.4, 0.5) is 9.18 Å². The predicted molar refractivity (Wildman–Crippen MR) is 132 cm³/mol. The van der Waals surface area contributed by atoms with Gasteiger partial charge in [-0.1, -0.05) is 38.8 Å². The summed E-state index contributed by atoms with van der Waals surface area (Å²) in [7, 11) is 0. The molecule has 4 aliphatic rings. The van der Waals surface area contributed by atoms with Gasteiger partial charge in [0.1, 0.15) is 12.1 Å². The van der Waals surface area contributed by atoms with E-state index < -0.39 is 70.4 Å². The third-order valence-corrected chi connectivity index (χ3v) is 10.5. The number of carbonyl (C=O) groups excluding carboxylic acids is 2. The van der Waals surface area contributed by atoms with Gasteiger partial charge < -0.3 is 15.3 Å². The zero-order valence-corrected chi connectivity index (χ0v) is 22.0. The number of alkyl halides is 1. The fourth-order valence-corrected chi connectivity index (χ4v) is 9.14. The standard InChI is InChI=1S/C28H40FNO6/c1-6-7-17(3)30(24(35)36)28(23(34)15-31)16(2)12-21-20-9-8-18-13-19(32)10-11-25(18,4)27(20,29)22(33)14-26(21,28)5/h10-11,13,16-17,20-22,31,33H,6-9,12,14-15H2,1-5H3,(H,35,36)/t16-,17?,20?,21?,22-,25-,26-,27?,28+/m0/s1. The van der Waals surface area contributed by atoms with Gasteiger partial charge in [0.25, 0.3) is 0 Å². The maximum absolute atomic E-state index is 17.4. The first-order chi connectivity index (χ1) is 16.8. The summed E-state index contributed by atoms with van der Waals surface area (Å²) < 4.78 is 17.4. The van der Waals surface area contributed by atoms with Crippen molar-refractivity contribution < 1.29 is 34.1 Å². The largest absolute Gasteiger partial charge is 0.465 e. The number of amides is 1. The van der Waals surface area contributed by atoms with Crippen LogP contribution in [-0.4, -0.2) is 67.8 Å². The molecule has 0 radical (unpaired) electrons. The predicted octanol–water partition coefficient (Wildman–Crippen LogP) is 4.07. The Balaban J connectivity index is 1.91. The number of nitrogens with zero attached hydrogens (tertiary/aromatic N) is 1. The van der Waals surface area contributed by atoms with Gasteiger partial charge in [0.15, 0.2) is 17.2 Å². The Morgan fingerprint density at radius 1 is 1.28 bits per heavy atom. The molecule has 36 heavy (non-hydrogen) atoms. The van der Waals surface area contributed by atoms with Crippen LogP contribution in [0.15, 0.2) is 23.8 Å². The second kappa shape index (κ2) is 8.76. The summed E-state index contributed by atoms with van der Waals surface area (Å²) in [5, 5.41) is 32.2. The molecular formula is C28H40FNO6. The molecule has 0 aliphatic heterocycles. The highest BCUT2D eigenvalue weighted by Gasteiger charge is 2.77. The Labute approximate surface area is 212 Å². The normalized spacial score (nSPS) is 44.2. The van der Waals surface area contributed by atoms with Crippen LogP contribution in [-0.2, 0) is 9.59 Å². The van der Waals surface area contributed by atoms with E-state index in [0.717, 1.165) is 0 Å². The van der Waals surface area contributed by atoms with Crippen molar-refractivity contribution in [3.05, 3.63) is 23.8 Å². The highest BCUT2D eigenvalue weighted by molar-refractivity contribution is 6.01. The molecule has 0 aromatic heterocycles. The third kappa shape index (κ3) is 3.12. The highest BCUT2D eigenvalue weighted by Crippen LogP contribution is 2.71. The van der Waals surface area contributed by atoms with Gasteiger partial charge in [0.2, 0.25) is 0 Å².